The third-order valence-electron chi connectivity index (χ3n) is 3.61. The summed E-state index contributed by atoms with van der Waals surface area (Å²) in [4.78, 5) is 10.9. The van der Waals surface area contributed by atoms with E-state index in [1.807, 2.05) is 52.2 Å². The molecule has 0 unspecified atom stereocenters. The van der Waals surface area contributed by atoms with Crippen LogP contribution in [0.4, 0.5) is 17.3 Å². The first-order valence-corrected chi connectivity index (χ1v) is 7.48. The van der Waals surface area contributed by atoms with Gasteiger partial charge < -0.3 is 14.6 Å². The van der Waals surface area contributed by atoms with Crippen molar-refractivity contribution in [2.45, 2.75) is 13.8 Å². The van der Waals surface area contributed by atoms with Gasteiger partial charge >= 0.3 is 0 Å². The number of hydrogen-bond acceptors (Lipinski definition) is 5. The number of rotatable bonds is 4. The summed E-state index contributed by atoms with van der Waals surface area (Å²) in [7, 11) is 4.04. The zero-order chi connectivity index (χ0) is 16.4. The third kappa shape index (κ3) is 3.34. The fourth-order valence-corrected chi connectivity index (χ4v) is 2.43. The number of aromatic nitrogens is 2. The summed E-state index contributed by atoms with van der Waals surface area (Å²) in [5.74, 6) is 2.31. The first-order valence-electron chi connectivity index (χ1n) is 7.48. The molecular formula is C18H20N4O. The van der Waals surface area contributed by atoms with Gasteiger partial charge in [-0.05, 0) is 50.2 Å². The number of aryl methyl sites for hydroxylation is 2. The molecule has 0 aliphatic heterocycles. The normalized spacial score (nSPS) is 10.6. The fraction of sp³-hybridized carbons (Fsp3) is 0.222. The van der Waals surface area contributed by atoms with Gasteiger partial charge in [0, 0.05) is 37.2 Å². The minimum Gasteiger partial charge on any atom is -0.466 e. The Morgan fingerprint density at radius 2 is 1.78 bits per heavy atom. The number of anilines is 3. The van der Waals surface area contributed by atoms with Crippen molar-refractivity contribution in [2.24, 2.45) is 0 Å². The van der Waals surface area contributed by atoms with Gasteiger partial charge in [-0.3, -0.25) is 0 Å². The lowest BCUT2D eigenvalue weighted by atomic mass is 10.2. The van der Waals surface area contributed by atoms with E-state index in [0.29, 0.717) is 5.95 Å². The van der Waals surface area contributed by atoms with Crippen LogP contribution in [0.2, 0.25) is 0 Å². The van der Waals surface area contributed by atoms with Crippen molar-refractivity contribution in [2.75, 3.05) is 24.3 Å². The molecule has 5 nitrogen and oxygen atoms in total. The molecule has 0 radical (unpaired) electrons. The van der Waals surface area contributed by atoms with Crippen LogP contribution in [0.3, 0.4) is 0 Å². The van der Waals surface area contributed by atoms with Crippen molar-refractivity contribution in [1.82, 2.24) is 9.97 Å². The van der Waals surface area contributed by atoms with Crippen molar-refractivity contribution in [3.8, 4) is 11.3 Å². The van der Waals surface area contributed by atoms with Crippen molar-refractivity contribution in [1.29, 1.82) is 0 Å². The summed E-state index contributed by atoms with van der Waals surface area (Å²) in [6.07, 6.45) is 1.75. The van der Waals surface area contributed by atoms with Crippen LogP contribution in [0, 0.1) is 13.8 Å². The minimum absolute atomic E-state index is 0.568. The average Bonchev–Trinajstić information content (AvgIpc) is 2.87. The lowest BCUT2D eigenvalue weighted by Gasteiger charge is -2.13. The molecule has 3 aromatic rings. The maximum absolute atomic E-state index is 5.58. The Morgan fingerprint density at radius 3 is 2.39 bits per heavy atom. The Balaban J connectivity index is 1.84. The highest BCUT2D eigenvalue weighted by atomic mass is 16.3. The van der Waals surface area contributed by atoms with E-state index in [1.54, 1.807) is 6.20 Å². The van der Waals surface area contributed by atoms with Crippen LogP contribution in [0.5, 0.6) is 0 Å². The first-order chi connectivity index (χ1) is 11.0. The molecule has 0 spiro atoms. The second-order valence-corrected chi connectivity index (χ2v) is 5.66. The SMILES string of the molecule is Cc1cc(-c2ccnc(Nc3ccc(N(C)C)cc3)n2)c(C)o1. The molecule has 118 valence electrons. The summed E-state index contributed by atoms with van der Waals surface area (Å²) in [5, 5.41) is 3.24. The summed E-state index contributed by atoms with van der Waals surface area (Å²) in [5.41, 5.74) is 3.94. The van der Waals surface area contributed by atoms with Crippen LogP contribution in [0.25, 0.3) is 11.3 Å². The molecule has 1 N–H and O–H groups in total. The molecule has 0 fully saturated rings. The highest BCUT2D eigenvalue weighted by molar-refractivity contribution is 5.64. The van der Waals surface area contributed by atoms with E-state index in [4.69, 9.17) is 4.42 Å². The smallest absolute Gasteiger partial charge is 0.227 e. The van der Waals surface area contributed by atoms with E-state index in [1.165, 1.54) is 0 Å². The Kier molecular flexibility index (Phi) is 4.02. The highest BCUT2D eigenvalue weighted by Crippen LogP contribution is 2.26. The number of hydrogen-bond donors (Lipinski definition) is 1. The molecular weight excluding hydrogens is 288 g/mol. The van der Waals surface area contributed by atoms with E-state index in [-0.39, 0.29) is 0 Å². The van der Waals surface area contributed by atoms with Crippen LogP contribution < -0.4 is 10.2 Å². The number of nitrogens with zero attached hydrogens (tertiary/aromatic N) is 3. The van der Waals surface area contributed by atoms with Crippen LogP contribution in [-0.4, -0.2) is 24.1 Å². The van der Waals surface area contributed by atoms with E-state index in [0.717, 1.165) is 34.2 Å². The Bertz CT molecular complexity index is 806. The molecule has 0 aliphatic carbocycles. The first kappa shape index (κ1) is 15.1. The maximum Gasteiger partial charge on any atom is 0.227 e. The zero-order valence-electron chi connectivity index (χ0n) is 13.8. The lowest BCUT2D eigenvalue weighted by Crippen LogP contribution is -2.08. The van der Waals surface area contributed by atoms with Gasteiger partial charge in [0.2, 0.25) is 5.95 Å². The van der Waals surface area contributed by atoms with Crippen LogP contribution in [0.1, 0.15) is 11.5 Å². The summed E-state index contributed by atoms with van der Waals surface area (Å²) >= 11 is 0. The predicted octanol–water partition coefficient (Wildman–Crippen LogP) is 4.16. The largest absolute Gasteiger partial charge is 0.466 e. The van der Waals surface area contributed by atoms with Gasteiger partial charge in [0.15, 0.2) is 0 Å². The van der Waals surface area contributed by atoms with Crippen LogP contribution in [0.15, 0.2) is 47.0 Å². The Morgan fingerprint density at radius 1 is 1.04 bits per heavy atom. The molecule has 0 aliphatic rings. The maximum atomic E-state index is 5.58. The van der Waals surface area contributed by atoms with Crippen LogP contribution >= 0.6 is 0 Å². The monoisotopic (exact) mass is 308 g/mol. The molecule has 0 atom stereocenters. The lowest BCUT2D eigenvalue weighted by molar-refractivity contribution is 0.505. The van der Waals surface area contributed by atoms with Gasteiger partial charge in [-0.25, -0.2) is 9.97 Å². The minimum atomic E-state index is 0.568. The Hall–Kier alpha value is -2.82. The molecule has 0 bridgehead atoms. The summed E-state index contributed by atoms with van der Waals surface area (Å²) < 4.78 is 5.58. The molecule has 0 saturated heterocycles. The van der Waals surface area contributed by atoms with E-state index in [2.05, 4.69) is 32.3 Å². The highest BCUT2D eigenvalue weighted by Gasteiger charge is 2.10. The summed E-state index contributed by atoms with van der Waals surface area (Å²) in [6, 6.07) is 12.0. The van der Waals surface area contributed by atoms with Crippen molar-refractivity contribution in [3.05, 3.63) is 54.1 Å². The predicted molar refractivity (Wildman–Crippen MR) is 93.3 cm³/mol. The summed E-state index contributed by atoms with van der Waals surface area (Å²) in [6.45, 7) is 3.88. The number of furan rings is 1. The zero-order valence-corrected chi connectivity index (χ0v) is 13.8. The number of benzene rings is 1. The van der Waals surface area contributed by atoms with Crippen molar-refractivity contribution in [3.63, 3.8) is 0 Å². The third-order valence-corrected chi connectivity index (χ3v) is 3.61. The molecule has 5 heteroatoms. The molecule has 0 amide bonds. The average molecular weight is 308 g/mol. The van der Waals surface area contributed by atoms with E-state index < -0.39 is 0 Å². The topological polar surface area (TPSA) is 54.2 Å². The second kappa shape index (κ2) is 6.12. The molecule has 0 saturated carbocycles. The van der Waals surface area contributed by atoms with E-state index in [9.17, 15) is 0 Å². The Labute approximate surface area is 136 Å². The van der Waals surface area contributed by atoms with E-state index >= 15 is 0 Å². The molecule has 23 heavy (non-hydrogen) atoms. The van der Waals surface area contributed by atoms with Crippen molar-refractivity contribution >= 4 is 17.3 Å². The second-order valence-electron chi connectivity index (χ2n) is 5.66. The van der Waals surface area contributed by atoms with Gasteiger partial charge in [0.05, 0.1) is 5.69 Å². The van der Waals surface area contributed by atoms with Gasteiger partial charge in [0.1, 0.15) is 11.5 Å². The number of nitrogens with one attached hydrogen (secondary N) is 1. The van der Waals surface area contributed by atoms with Gasteiger partial charge in [-0.1, -0.05) is 0 Å². The fourth-order valence-electron chi connectivity index (χ4n) is 2.43. The standard InChI is InChI=1S/C18H20N4O/c1-12-11-16(13(2)23-12)17-9-10-19-18(21-17)20-14-5-7-15(8-6-14)22(3)4/h5-11H,1-4H3,(H,19,20,21). The molecule has 1 aromatic carbocycles. The van der Waals surface area contributed by atoms with Gasteiger partial charge in [0.25, 0.3) is 0 Å². The molecule has 3 rings (SSSR count). The molecule has 2 heterocycles. The van der Waals surface area contributed by atoms with Gasteiger partial charge in [-0.2, -0.15) is 0 Å². The molecule has 2 aromatic heterocycles. The van der Waals surface area contributed by atoms with Crippen molar-refractivity contribution < 1.29 is 4.42 Å². The van der Waals surface area contributed by atoms with Gasteiger partial charge in [-0.15, -0.1) is 0 Å². The quantitative estimate of drug-likeness (QED) is 0.784. The van der Waals surface area contributed by atoms with Crippen LogP contribution in [-0.2, 0) is 0 Å².